The van der Waals surface area contributed by atoms with Crippen LogP contribution in [0.3, 0.4) is 0 Å². The minimum absolute atomic E-state index is 0.143. The minimum Gasteiger partial charge on any atom is -0.372 e. The maximum Gasteiger partial charge on any atom is 0.128 e. The van der Waals surface area contributed by atoms with Crippen molar-refractivity contribution in [2.75, 3.05) is 37.7 Å². The van der Waals surface area contributed by atoms with Crippen LogP contribution in [0, 0.1) is 11.3 Å². The van der Waals surface area contributed by atoms with Crippen LogP contribution in [-0.2, 0) is 4.74 Å². The molecule has 1 fully saturated rings. The Morgan fingerprint density at radius 2 is 2.40 bits per heavy atom. The van der Waals surface area contributed by atoms with Crippen LogP contribution in [0.25, 0.3) is 0 Å². The van der Waals surface area contributed by atoms with E-state index in [4.69, 9.17) is 10.00 Å². The molecule has 0 radical (unpaired) electrons. The molecule has 108 valence electrons. The van der Waals surface area contributed by atoms with E-state index in [1.54, 1.807) is 6.20 Å². The quantitative estimate of drug-likeness (QED) is 0.825. The van der Waals surface area contributed by atoms with E-state index in [-0.39, 0.29) is 5.60 Å². The highest BCUT2D eigenvalue weighted by atomic mass is 16.5. The van der Waals surface area contributed by atoms with Crippen LogP contribution in [0.2, 0.25) is 0 Å². The molecule has 20 heavy (non-hydrogen) atoms. The van der Waals surface area contributed by atoms with Crippen molar-refractivity contribution >= 4 is 5.82 Å². The third kappa shape index (κ3) is 3.69. The molecule has 1 aliphatic heterocycles. The van der Waals surface area contributed by atoms with Gasteiger partial charge in [0.2, 0.25) is 0 Å². The lowest BCUT2D eigenvalue weighted by molar-refractivity contribution is -0.0469. The van der Waals surface area contributed by atoms with Crippen LogP contribution in [0.15, 0.2) is 18.3 Å². The van der Waals surface area contributed by atoms with E-state index in [1.165, 1.54) is 0 Å². The third-order valence-electron chi connectivity index (χ3n) is 3.62. The summed E-state index contributed by atoms with van der Waals surface area (Å²) in [6, 6.07) is 5.82. The predicted octanol–water partition coefficient (Wildman–Crippen LogP) is 1.55. The summed E-state index contributed by atoms with van der Waals surface area (Å²) < 4.78 is 5.95. The Morgan fingerprint density at radius 1 is 1.55 bits per heavy atom. The van der Waals surface area contributed by atoms with E-state index in [1.807, 2.05) is 12.1 Å². The van der Waals surface area contributed by atoms with E-state index in [9.17, 15) is 0 Å². The van der Waals surface area contributed by atoms with Gasteiger partial charge in [-0.25, -0.2) is 4.98 Å². The fraction of sp³-hybridized carbons (Fsp3) is 0.600. The number of rotatable bonds is 5. The summed E-state index contributed by atoms with van der Waals surface area (Å²) in [7, 11) is 0. The average Bonchev–Trinajstić information content (AvgIpc) is 2.47. The second-order valence-corrected chi connectivity index (χ2v) is 5.34. The van der Waals surface area contributed by atoms with Crippen LogP contribution in [0.4, 0.5) is 5.82 Å². The van der Waals surface area contributed by atoms with E-state index >= 15 is 0 Å². The molecule has 1 aliphatic rings. The molecule has 0 aliphatic carbocycles. The molecular formula is C15H22N4O. The fourth-order valence-corrected chi connectivity index (χ4v) is 2.45. The Morgan fingerprint density at radius 3 is 3.05 bits per heavy atom. The first-order chi connectivity index (χ1) is 9.67. The van der Waals surface area contributed by atoms with E-state index in [0.29, 0.717) is 12.2 Å². The molecule has 1 aromatic rings. The van der Waals surface area contributed by atoms with Gasteiger partial charge in [-0.05, 0) is 38.6 Å². The molecule has 1 saturated heterocycles. The van der Waals surface area contributed by atoms with E-state index in [2.05, 4.69) is 35.1 Å². The van der Waals surface area contributed by atoms with Crippen LogP contribution < -0.4 is 10.2 Å². The Hall–Kier alpha value is -1.64. The molecule has 0 spiro atoms. The van der Waals surface area contributed by atoms with Crippen molar-refractivity contribution in [2.24, 2.45) is 0 Å². The van der Waals surface area contributed by atoms with Crippen molar-refractivity contribution in [3.05, 3.63) is 23.9 Å². The number of hydrogen-bond acceptors (Lipinski definition) is 5. The molecule has 5 heteroatoms. The molecule has 1 N–H and O–H groups in total. The summed E-state index contributed by atoms with van der Waals surface area (Å²) in [5.74, 6) is 0.918. The molecule has 0 aromatic carbocycles. The van der Waals surface area contributed by atoms with Gasteiger partial charge in [-0.2, -0.15) is 5.26 Å². The van der Waals surface area contributed by atoms with Crippen molar-refractivity contribution in [3.63, 3.8) is 0 Å². The summed E-state index contributed by atoms with van der Waals surface area (Å²) >= 11 is 0. The molecule has 0 bridgehead atoms. The van der Waals surface area contributed by atoms with Crippen molar-refractivity contribution in [3.8, 4) is 6.07 Å². The van der Waals surface area contributed by atoms with Gasteiger partial charge in [-0.1, -0.05) is 6.92 Å². The van der Waals surface area contributed by atoms with Crippen molar-refractivity contribution in [1.82, 2.24) is 10.3 Å². The summed E-state index contributed by atoms with van der Waals surface area (Å²) in [6.45, 7) is 8.59. The number of nitrogens with zero attached hydrogens (tertiary/aromatic N) is 3. The number of nitrogens with one attached hydrogen (secondary N) is 1. The van der Waals surface area contributed by atoms with Crippen LogP contribution in [0.5, 0.6) is 0 Å². The number of aromatic nitrogens is 1. The molecule has 1 aromatic heterocycles. The lowest BCUT2D eigenvalue weighted by Gasteiger charge is -2.41. The topological polar surface area (TPSA) is 61.2 Å². The molecule has 0 amide bonds. The van der Waals surface area contributed by atoms with Gasteiger partial charge in [-0.15, -0.1) is 0 Å². The van der Waals surface area contributed by atoms with Crippen molar-refractivity contribution < 1.29 is 4.74 Å². The number of morpholine rings is 1. The van der Waals surface area contributed by atoms with E-state index in [0.717, 1.165) is 38.4 Å². The lowest BCUT2D eigenvalue weighted by atomic mass is 9.99. The minimum atomic E-state index is -0.143. The second kappa shape index (κ2) is 6.69. The van der Waals surface area contributed by atoms with Gasteiger partial charge in [0.1, 0.15) is 11.9 Å². The van der Waals surface area contributed by atoms with Gasteiger partial charge >= 0.3 is 0 Å². The maximum atomic E-state index is 8.81. The Bertz CT molecular complexity index is 468. The number of nitriles is 1. The number of pyridine rings is 1. The molecule has 2 heterocycles. The number of ether oxygens (including phenoxy) is 1. The highest BCUT2D eigenvalue weighted by Crippen LogP contribution is 2.24. The summed E-state index contributed by atoms with van der Waals surface area (Å²) in [4.78, 5) is 6.60. The summed E-state index contributed by atoms with van der Waals surface area (Å²) in [6.07, 6.45) is 2.61. The molecular weight excluding hydrogens is 252 g/mol. The van der Waals surface area contributed by atoms with Gasteiger partial charge in [0.05, 0.1) is 17.8 Å². The fourth-order valence-electron chi connectivity index (χ4n) is 2.45. The zero-order chi connectivity index (χ0) is 14.4. The van der Waals surface area contributed by atoms with Crippen LogP contribution in [-0.4, -0.2) is 43.4 Å². The largest absolute Gasteiger partial charge is 0.372 e. The Labute approximate surface area is 120 Å². The molecule has 5 nitrogen and oxygen atoms in total. The molecule has 0 saturated carbocycles. The monoisotopic (exact) mass is 274 g/mol. The zero-order valence-electron chi connectivity index (χ0n) is 12.2. The van der Waals surface area contributed by atoms with Gasteiger partial charge < -0.3 is 15.0 Å². The van der Waals surface area contributed by atoms with Crippen molar-refractivity contribution in [2.45, 2.75) is 25.9 Å². The van der Waals surface area contributed by atoms with Gasteiger partial charge in [-0.3, -0.25) is 0 Å². The lowest BCUT2D eigenvalue weighted by Crippen LogP contribution is -2.51. The van der Waals surface area contributed by atoms with Crippen LogP contribution in [0.1, 0.15) is 25.8 Å². The number of hydrogen-bond donors (Lipinski definition) is 1. The smallest absolute Gasteiger partial charge is 0.128 e. The highest BCUT2D eigenvalue weighted by Gasteiger charge is 2.32. The first-order valence-corrected chi connectivity index (χ1v) is 7.12. The second-order valence-electron chi connectivity index (χ2n) is 5.34. The predicted molar refractivity (Wildman–Crippen MR) is 78.7 cm³/mol. The maximum absolute atomic E-state index is 8.81. The van der Waals surface area contributed by atoms with Gasteiger partial charge in [0.15, 0.2) is 0 Å². The summed E-state index contributed by atoms with van der Waals surface area (Å²) in [5, 5.41) is 12.2. The average molecular weight is 274 g/mol. The molecule has 1 unspecified atom stereocenters. The SMILES string of the molecule is CCNCCC1(C)CN(c2ccc(C#N)cn2)CCO1. The Kier molecular flexibility index (Phi) is 4.94. The Balaban J connectivity index is 2.00. The van der Waals surface area contributed by atoms with E-state index < -0.39 is 0 Å². The standard InChI is InChI=1S/C15H22N4O/c1-3-17-7-6-15(2)12-19(8-9-20-15)14-5-4-13(10-16)11-18-14/h4-5,11,17H,3,6-9,12H2,1-2H3. The number of anilines is 1. The van der Waals surface area contributed by atoms with Gasteiger partial charge in [0.25, 0.3) is 0 Å². The molecule has 2 rings (SSSR count). The zero-order valence-corrected chi connectivity index (χ0v) is 12.2. The normalized spacial score (nSPS) is 22.6. The summed E-state index contributed by atoms with van der Waals surface area (Å²) in [5.41, 5.74) is 0.452. The first kappa shape index (κ1) is 14.8. The third-order valence-corrected chi connectivity index (χ3v) is 3.62. The van der Waals surface area contributed by atoms with Crippen molar-refractivity contribution in [1.29, 1.82) is 5.26 Å². The highest BCUT2D eigenvalue weighted by molar-refractivity contribution is 5.42. The first-order valence-electron chi connectivity index (χ1n) is 7.12. The van der Waals surface area contributed by atoms with Gasteiger partial charge in [0, 0.05) is 19.3 Å². The molecule has 1 atom stereocenters. The van der Waals surface area contributed by atoms with Crippen LogP contribution >= 0.6 is 0 Å².